The Hall–Kier alpha value is -0.960. The fourth-order valence-corrected chi connectivity index (χ4v) is 0.750. The van der Waals surface area contributed by atoms with Crippen molar-refractivity contribution in [3.8, 4) is 0 Å². The summed E-state index contributed by atoms with van der Waals surface area (Å²) in [5.41, 5.74) is 0.655. The average molecular weight is 144 g/mol. The highest BCUT2D eigenvalue weighted by molar-refractivity contribution is 5.12. The molecule has 0 amide bonds. The smallest absolute Gasteiger partial charge is 0.0622 e. The van der Waals surface area contributed by atoms with Crippen molar-refractivity contribution in [2.45, 2.75) is 6.54 Å². The highest BCUT2D eigenvalue weighted by Gasteiger charge is 2.04. The van der Waals surface area contributed by atoms with Gasteiger partial charge in [0.15, 0.2) is 6.54 Å². The molecule has 0 aliphatic rings. The van der Waals surface area contributed by atoms with E-state index in [4.69, 9.17) is 0 Å². The van der Waals surface area contributed by atoms with E-state index in [1.165, 1.54) is 0 Å². The molecule has 1 aromatic rings. The molecule has 0 bridgehead atoms. The largest absolute Gasteiger partial charge is 0.178 e. The van der Waals surface area contributed by atoms with Crippen LogP contribution in [0.3, 0.4) is 0 Å². The molecule has 0 aromatic heterocycles. The minimum absolute atomic E-state index is 0.221. The maximum absolute atomic E-state index is 11.6. The maximum atomic E-state index is 11.6. The number of nitrogens with one attached hydrogen (secondary N) is 1. The van der Waals surface area contributed by atoms with Crippen LogP contribution in [0.1, 0.15) is 5.56 Å². The summed E-state index contributed by atoms with van der Waals surface area (Å²) in [6, 6.07) is 8.66. The molecule has 3 heteroatoms. The van der Waals surface area contributed by atoms with Gasteiger partial charge in [0.1, 0.15) is 0 Å². The summed E-state index contributed by atoms with van der Waals surface area (Å²) < 4.78 is 23.3. The van der Waals surface area contributed by atoms with E-state index in [1.807, 2.05) is 0 Å². The predicted molar refractivity (Wildman–Crippen MR) is 33.3 cm³/mol. The molecule has 0 atom stereocenters. The van der Waals surface area contributed by atoms with Gasteiger partial charge in [-0.05, 0) is 0 Å². The van der Waals surface area contributed by atoms with Crippen molar-refractivity contribution in [3.05, 3.63) is 35.9 Å². The number of rotatable bonds is 2. The Kier molecular flexibility index (Phi) is 2.34. The zero-order chi connectivity index (χ0) is 7.40. The van der Waals surface area contributed by atoms with Crippen molar-refractivity contribution in [2.24, 2.45) is 0 Å². The second kappa shape index (κ2) is 3.27. The third-order valence-electron chi connectivity index (χ3n) is 1.18. The van der Waals surface area contributed by atoms with E-state index in [2.05, 4.69) is 0 Å². The highest BCUT2D eigenvalue weighted by Crippen LogP contribution is 1.94. The third kappa shape index (κ3) is 2.11. The molecule has 54 valence electrons. The minimum Gasteiger partial charge on any atom is -0.0622 e. The van der Waals surface area contributed by atoms with Gasteiger partial charge >= 0.3 is 0 Å². The molecule has 10 heavy (non-hydrogen) atoms. The SMILES string of the molecule is F[NH+](F)Cc1ccccc1. The van der Waals surface area contributed by atoms with Crippen LogP contribution in [0.5, 0.6) is 0 Å². The lowest BCUT2D eigenvalue weighted by molar-refractivity contribution is -1.17. The van der Waals surface area contributed by atoms with Crippen LogP contribution in [0, 0.1) is 0 Å². The van der Waals surface area contributed by atoms with E-state index in [9.17, 15) is 8.96 Å². The Labute approximate surface area is 57.8 Å². The zero-order valence-electron chi connectivity index (χ0n) is 5.35. The van der Waals surface area contributed by atoms with Gasteiger partial charge in [0, 0.05) is 19.9 Å². The van der Waals surface area contributed by atoms with E-state index in [1.54, 1.807) is 30.3 Å². The van der Waals surface area contributed by atoms with Gasteiger partial charge in [-0.2, -0.15) is 0 Å². The first-order valence-corrected chi connectivity index (χ1v) is 3.00. The van der Waals surface area contributed by atoms with Gasteiger partial charge in [0.25, 0.3) is 0 Å². The number of quaternary nitrogens is 1. The van der Waals surface area contributed by atoms with Crippen molar-refractivity contribution < 1.29 is 14.3 Å². The first kappa shape index (κ1) is 7.15. The van der Waals surface area contributed by atoms with Crippen molar-refractivity contribution >= 4 is 0 Å². The molecule has 0 aliphatic heterocycles. The van der Waals surface area contributed by atoms with Gasteiger partial charge in [0.05, 0.1) is 0 Å². The molecule has 0 aliphatic carbocycles. The van der Waals surface area contributed by atoms with Gasteiger partial charge < -0.3 is 0 Å². The summed E-state index contributed by atoms with van der Waals surface area (Å²) in [4.78, 5) is 0. The lowest BCUT2D eigenvalue weighted by Crippen LogP contribution is -2.94. The first-order valence-electron chi connectivity index (χ1n) is 3.00. The van der Waals surface area contributed by atoms with E-state index in [0.717, 1.165) is 0 Å². The average Bonchev–Trinajstić information content (AvgIpc) is 1.88. The van der Waals surface area contributed by atoms with Crippen LogP contribution in [0.15, 0.2) is 30.3 Å². The molecule has 0 heterocycles. The van der Waals surface area contributed by atoms with Gasteiger partial charge in [-0.3, -0.25) is 0 Å². The monoisotopic (exact) mass is 144 g/mol. The summed E-state index contributed by atoms with van der Waals surface area (Å²) in [5, 5.41) is -1.54. The molecule has 0 spiro atoms. The molecular formula is C7H8F2N+. The van der Waals surface area contributed by atoms with Crippen LogP contribution in [-0.2, 0) is 6.54 Å². The van der Waals surface area contributed by atoms with E-state index >= 15 is 0 Å². The Morgan fingerprint density at radius 3 is 2.20 bits per heavy atom. The van der Waals surface area contributed by atoms with Crippen LogP contribution >= 0.6 is 0 Å². The Morgan fingerprint density at radius 1 is 1.10 bits per heavy atom. The first-order chi connectivity index (χ1) is 4.79. The predicted octanol–water partition coefficient (Wildman–Crippen LogP) is 0.841. The number of halogens is 2. The third-order valence-corrected chi connectivity index (χ3v) is 1.18. The molecule has 0 fully saturated rings. The minimum atomic E-state index is -1.54. The van der Waals surface area contributed by atoms with E-state index in [0.29, 0.717) is 5.56 Å². The Bertz CT molecular complexity index is 186. The molecule has 0 radical (unpaired) electrons. The summed E-state index contributed by atoms with van der Waals surface area (Å²) in [7, 11) is 0. The van der Waals surface area contributed by atoms with Crippen LogP contribution in [0.4, 0.5) is 8.96 Å². The van der Waals surface area contributed by atoms with Gasteiger partial charge in [0.2, 0.25) is 0 Å². The fourth-order valence-electron chi connectivity index (χ4n) is 0.750. The number of hydrogen-bond acceptors (Lipinski definition) is 0. The Balaban J connectivity index is 2.59. The molecule has 0 unspecified atom stereocenters. The lowest BCUT2D eigenvalue weighted by atomic mass is 10.2. The molecule has 0 saturated heterocycles. The molecule has 1 N–H and O–H groups in total. The number of hydrogen-bond donors (Lipinski definition) is 1. The van der Waals surface area contributed by atoms with Crippen LogP contribution in [0.25, 0.3) is 0 Å². The van der Waals surface area contributed by atoms with Crippen LogP contribution in [0.2, 0.25) is 0 Å². The molecule has 1 aromatic carbocycles. The summed E-state index contributed by atoms with van der Waals surface area (Å²) in [6.07, 6.45) is 0. The normalized spacial score (nSPS) is 10.3. The molecule has 1 rings (SSSR count). The van der Waals surface area contributed by atoms with Gasteiger partial charge in [-0.15, -0.1) is 0 Å². The molecule has 1 nitrogen and oxygen atoms in total. The summed E-state index contributed by atoms with van der Waals surface area (Å²) >= 11 is 0. The quantitative estimate of drug-likeness (QED) is 0.587. The van der Waals surface area contributed by atoms with Crippen molar-refractivity contribution in [2.75, 3.05) is 0 Å². The summed E-state index contributed by atoms with van der Waals surface area (Å²) in [6.45, 7) is -0.221. The lowest BCUT2D eigenvalue weighted by Gasteiger charge is -1.93. The van der Waals surface area contributed by atoms with Crippen LogP contribution < -0.4 is 5.34 Å². The second-order valence-electron chi connectivity index (χ2n) is 2.00. The van der Waals surface area contributed by atoms with Crippen molar-refractivity contribution in [3.63, 3.8) is 0 Å². The maximum Gasteiger partial charge on any atom is 0.178 e. The fraction of sp³-hybridized carbons (Fsp3) is 0.143. The second-order valence-corrected chi connectivity index (χ2v) is 2.00. The van der Waals surface area contributed by atoms with E-state index in [-0.39, 0.29) is 6.54 Å². The molecule has 0 saturated carbocycles. The van der Waals surface area contributed by atoms with E-state index < -0.39 is 5.34 Å². The van der Waals surface area contributed by atoms with Gasteiger partial charge in [-0.25, -0.2) is 0 Å². The topological polar surface area (TPSA) is 4.44 Å². The van der Waals surface area contributed by atoms with Crippen LogP contribution in [-0.4, -0.2) is 0 Å². The standard InChI is InChI=1S/C7H7F2N/c8-10(9)6-7-4-2-1-3-5-7/h1-5H,6H2/p+1. The van der Waals surface area contributed by atoms with Crippen molar-refractivity contribution in [1.82, 2.24) is 0 Å². The Morgan fingerprint density at radius 2 is 1.70 bits per heavy atom. The zero-order valence-corrected chi connectivity index (χ0v) is 5.35. The van der Waals surface area contributed by atoms with Crippen molar-refractivity contribution in [1.29, 1.82) is 0 Å². The number of benzene rings is 1. The summed E-state index contributed by atoms with van der Waals surface area (Å²) in [5.74, 6) is 0. The molecular weight excluding hydrogens is 136 g/mol. The highest BCUT2D eigenvalue weighted by atomic mass is 19.4. The van der Waals surface area contributed by atoms with Gasteiger partial charge in [-0.1, -0.05) is 30.3 Å².